The van der Waals surface area contributed by atoms with Gasteiger partial charge in [0.25, 0.3) is 0 Å². The fourth-order valence-corrected chi connectivity index (χ4v) is 0.906. The molecule has 0 aromatic heterocycles. The maximum absolute atomic E-state index is 2.12. The maximum atomic E-state index is 2.12. The summed E-state index contributed by atoms with van der Waals surface area (Å²) in [5.74, 6) is 0. The van der Waals surface area contributed by atoms with Gasteiger partial charge in [-0.25, -0.2) is 0 Å². The summed E-state index contributed by atoms with van der Waals surface area (Å²) in [6.07, 6.45) is 25.5. The maximum Gasteiger partial charge on any atom is -0.0163 e. The highest BCUT2D eigenvalue weighted by Gasteiger charge is 1.69. The lowest BCUT2D eigenvalue weighted by molar-refractivity contribution is 1.39. The number of hydrogen-bond acceptors (Lipinski definition) is 0. The highest BCUT2D eigenvalue weighted by molar-refractivity contribution is 5.20. The van der Waals surface area contributed by atoms with Crippen molar-refractivity contribution in [3.05, 3.63) is 72.9 Å². The second-order valence-corrected chi connectivity index (χ2v) is 2.63. The predicted molar refractivity (Wildman–Crippen MR) is 59.5 cm³/mol. The van der Waals surface area contributed by atoms with Crippen LogP contribution in [-0.4, -0.2) is 0 Å². The van der Waals surface area contributed by atoms with E-state index in [1.165, 1.54) is 0 Å². The SMILES string of the molecule is C1=C\C=C\C=C\C/C=C/C=C/C=C/1. The molecule has 13 heavy (non-hydrogen) atoms. The third-order valence-electron chi connectivity index (χ3n) is 1.54. The molecule has 0 radical (unpaired) electrons. The normalized spacial score (nSPS) is 31.4. The van der Waals surface area contributed by atoms with Crippen molar-refractivity contribution in [2.75, 3.05) is 0 Å². The molecule has 66 valence electrons. The topological polar surface area (TPSA) is 0 Å². The molecular formula is C13H14. The molecular weight excluding hydrogens is 156 g/mol. The quantitative estimate of drug-likeness (QED) is 0.519. The fraction of sp³-hybridized carbons (Fsp3) is 0.0769. The first-order chi connectivity index (χ1) is 6.50. The van der Waals surface area contributed by atoms with Crippen molar-refractivity contribution in [3.63, 3.8) is 0 Å². The third kappa shape index (κ3) is 5.68. The second kappa shape index (κ2) is 7.11. The van der Waals surface area contributed by atoms with Crippen molar-refractivity contribution in [3.8, 4) is 0 Å². The molecule has 0 N–H and O–H groups in total. The van der Waals surface area contributed by atoms with Crippen molar-refractivity contribution in [1.29, 1.82) is 0 Å². The van der Waals surface area contributed by atoms with Gasteiger partial charge in [0.2, 0.25) is 0 Å². The lowest BCUT2D eigenvalue weighted by Crippen LogP contribution is -1.56. The Hall–Kier alpha value is -1.56. The van der Waals surface area contributed by atoms with Crippen LogP contribution in [0, 0.1) is 0 Å². The first-order valence-corrected chi connectivity index (χ1v) is 4.48. The highest BCUT2D eigenvalue weighted by atomic mass is 13.8. The van der Waals surface area contributed by atoms with Crippen molar-refractivity contribution in [1.82, 2.24) is 0 Å². The van der Waals surface area contributed by atoms with E-state index < -0.39 is 0 Å². The van der Waals surface area contributed by atoms with E-state index in [4.69, 9.17) is 0 Å². The molecule has 0 aromatic carbocycles. The lowest BCUT2D eigenvalue weighted by atomic mass is 10.3. The van der Waals surface area contributed by atoms with Crippen LogP contribution in [0.5, 0.6) is 0 Å². The molecule has 0 amide bonds. The van der Waals surface area contributed by atoms with Crippen molar-refractivity contribution < 1.29 is 0 Å². The van der Waals surface area contributed by atoms with Gasteiger partial charge in [0, 0.05) is 0 Å². The van der Waals surface area contributed by atoms with E-state index in [1.54, 1.807) is 0 Å². The molecule has 0 aromatic rings. The van der Waals surface area contributed by atoms with Crippen LogP contribution in [0.2, 0.25) is 0 Å². The first kappa shape index (κ1) is 9.53. The van der Waals surface area contributed by atoms with Gasteiger partial charge in [-0.05, 0) is 6.42 Å². The van der Waals surface area contributed by atoms with Gasteiger partial charge in [-0.2, -0.15) is 0 Å². The van der Waals surface area contributed by atoms with E-state index in [1.807, 2.05) is 48.6 Å². The summed E-state index contributed by atoms with van der Waals surface area (Å²) in [5.41, 5.74) is 0. The van der Waals surface area contributed by atoms with Crippen molar-refractivity contribution in [2.45, 2.75) is 6.42 Å². The molecule has 1 aliphatic carbocycles. The van der Waals surface area contributed by atoms with E-state index in [0.29, 0.717) is 0 Å². The summed E-state index contributed by atoms with van der Waals surface area (Å²) in [5, 5.41) is 0. The zero-order valence-electron chi connectivity index (χ0n) is 7.64. The molecule has 1 aliphatic rings. The van der Waals surface area contributed by atoms with Gasteiger partial charge in [-0.3, -0.25) is 0 Å². The molecule has 0 aliphatic heterocycles. The molecule has 0 atom stereocenters. The minimum absolute atomic E-state index is 0.988. The van der Waals surface area contributed by atoms with Gasteiger partial charge in [-0.1, -0.05) is 72.9 Å². The van der Waals surface area contributed by atoms with Crippen molar-refractivity contribution >= 4 is 0 Å². The molecule has 0 heterocycles. The van der Waals surface area contributed by atoms with Gasteiger partial charge in [0.15, 0.2) is 0 Å². The number of hydrogen-bond donors (Lipinski definition) is 0. The zero-order chi connectivity index (χ0) is 9.19. The number of rotatable bonds is 0. The Kier molecular flexibility index (Phi) is 5.21. The van der Waals surface area contributed by atoms with Crippen LogP contribution >= 0.6 is 0 Å². The minimum atomic E-state index is 0.988. The largest absolute Gasteiger partial charge is 0.0807 e. The molecule has 0 spiro atoms. The Morgan fingerprint density at radius 2 is 0.692 bits per heavy atom. The van der Waals surface area contributed by atoms with Gasteiger partial charge < -0.3 is 0 Å². The molecule has 0 unspecified atom stereocenters. The van der Waals surface area contributed by atoms with E-state index >= 15 is 0 Å². The summed E-state index contributed by atoms with van der Waals surface area (Å²) in [6.45, 7) is 0. The number of allylic oxidation sites excluding steroid dienone is 12. The summed E-state index contributed by atoms with van der Waals surface area (Å²) < 4.78 is 0. The van der Waals surface area contributed by atoms with E-state index in [9.17, 15) is 0 Å². The standard InChI is InChI=1S/C13H14/c1-2-4-6-8-10-12-13-11-9-7-5-3-1/h1-12H,13H2/b3-1-,4-2+,7-5+,8-6+,11-9+,12-10+. The Morgan fingerprint density at radius 1 is 0.385 bits per heavy atom. The second-order valence-electron chi connectivity index (χ2n) is 2.63. The lowest BCUT2D eigenvalue weighted by Gasteiger charge is -1.77. The first-order valence-electron chi connectivity index (χ1n) is 4.48. The van der Waals surface area contributed by atoms with Crippen LogP contribution in [-0.2, 0) is 0 Å². The summed E-state index contributed by atoms with van der Waals surface area (Å²) in [7, 11) is 0. The van der Waals surface area contributed by atoms with Crippen LogP contribution in [0.25, 0.3) is 0 Å². The summed E-state index contributed by atoms with van der Waals surface area (Å²) >= 11 is 0. The molecule has 0 saturated carbocycles. The Labute approximate surface area is 80.0 Å². The highest BCUT2D eigenvalue weighted by Crippen LogP contribution is 1.90. The Balaban J connectivity index is 2.62. The monoisotopic (exact) mass is 170 g/mol. The zero-order valence-corrected chi connectivity index (χ0v) is 7.64. The van der Waals surface area contributed by atoms with Crippen LogP contribution in [0.1, 0.15) is 6.42 Å². The van der Waals surface area contributed by atoms with E-state index in [-0.39, 0.29) is 0 Å². The molecule has 0 saturated heterocycles. The predicted octanol–water partition coefficient (Wildman–Crippen LogP) is 3.73. The molecule has 0 fully saturated rings. The van der Waals surface area contributed by atoms with Crippen molar-refractivity contribution in [2.24, 2.45) is 0 Å². The van der Waals surface area contributed by atoms with Gasteiger partial charge >= 0.3 is 0 Å². The Bertz CT molecular complexity index is 253. The third-order valence-corrected chi connectivity index (χ3v) is 1.54. The van der Waals surface area contributed by atoms with Gasteiger partial charge in [-0.15, -0.1) is 0 Å². The van der Waals surface area contributed by atoms with Crippen LogP contribution < -0.4 is 0 Å². The van der Waals surface area contributed by atoms with Gasteiger partial charge in [0.1, 0.15) is 0 Å². The molecule has 0 nitrogen and oxygen atoms in total. The molecule has 0 heteroatoms. The van der Waals surface area contributed by atoms with E-state index in [2.05, 4.69) is 24.3 Å². The van der Waals surface area contributed by atoms with E-state index in [0.717, 1.165) is 6.42 Å². The van der Waals surface area contributed by atoms with Crippen LogP contribution in [0.3, 0.4) is 0 Å². The minimum Gasteiger partial charge on any atom is -0.0807 e. The Morgan fingerprint density at radius 3 is 1.08 bits per heavy atom. The van der Waals surface area contributed by atoms with Crippen LogP contribution in [0.4, 0.5) is 0 Å². The average Bonchev–Trinajstić information content (AvgIpc) is 2.18. The average molecular weight is 170 g/mol. The smallest absolute Gasteiger partial charge is 0.0163 e. The summed E-state index contributed by atoms with van der Waals surface area (Å²) in [4.78, 5) is 0. The van der Waals surface area contributed by atoms with Gasteiger partial charge in [0.05, 0.1) is 0 Å². The molecule has 1 rings (SSSR count). The fourth-order valence-electron chi connectivity index (χ4n) is 0.906. The van der Waals surface area contributed by atoms with Crippen LogP contribution in [0.15, 0.2) is 72.9 Å². The summed E-state index contributed by atoms with van der Waals surface area (Å²) in [6, 6.07) is 0. The molecule has 0 bridgehead atoms.